The van der Waals surface area contributed by atoms with Crippen LogP contribution in [-0.4, -0.2) is 19.4 Å². The standard InChI is InChI=1S/C18H19ClFNO2/c1-4-12(2)23-18-16(19)8-13(9-17(18)22-3)11-21-15-7-5-6-14(20)10-15/h5-12H,4H2,1-3H3/t12-/m0/s1. The highest BCUT2D eigenvalue weighted by atomic mass is 35.5. The number of aliphatic imine (C=N–C) groups is 1. The van der Waals surface area contributed by atoms with Gasteiger partial charge in [0.15, 0.2) is 11.5 Å². The first-order chi connectivity index (χ1) is 11.0. The number of rotatable bonds is 6. The minimum Gasteiger partial charge on any atom is -0.493 e. The Morgan fingerprint density at radius 1 is 1.30 bits per heavy atom. The fraction of sp³-hybridized carbons (Fsp3) is 0.278. The lowest BCUT2D eigenvalue weighted by molar-refractivity contribution is 0.208. The number of nitrogens with zero attached hydrogens (tertiary/aromatic N) is 1. The first-order valence-electron chi connectivity index (χ1n) is 7.37. The van der Waals surface area contributed by atoms with Gasteiger partial charge < -0.3 is 9.47 Å². The predicted octanol–water partition coefficient (Wildman–Crippen LogP) is 5.42. The predicted molar refractivity (Wildman–Crippen MR) is 92.0 cm³/mol. The second-order valence-corrected chi connectivity index (χ2v) is 5.52. The molecule has 0 aromatic heterocycles. The lowest BCUT2D eigenvalue weighted by Crippen LogP contribution is -2.11. The monoisotopic (exact) mass is 335 g/mol. The molecule has 0 radical (unpaired) electrons. The highest BCUT2D eigenvalue weighted by Crippen LogP contribution is 2.37. The van der Waals surface area contributed by atoms with Crippen LogP contribution in [0.3, 0.4) is 0 Å². The molecule has 0 fully saturated rings. The summed E-state index contributed by atoms with van der Waals surface area (Å²) in [6.07, 6.45) is 2.51. The number of ether oxygens (including phenoxy) is 2. The van der Waals surface area contributed by atoms with Crippen LogP contribution in [0.2, 0.25) is 5.02 Å². The maximum Gasteiger partial charge on any atom is 0.180 e. The fourth-order valence-electron chi connectivity index (χ4n) is 1.92. The second kappa shape index (κ2) is 7.97. The van der Waals surface area contributed by atoms with E-state index in [9.17, 15) is 4.39 Å². The summed E-state index contributed by atoms with van der Waals surface area (Å²) in [5.74, 6) is 0.734. The molecule has 2 rings (SSSR count). The minimum atomic E-state index is -0.326. The van der Waals surface area contributed by atoms with Crippen molar-refractivity contribution in [2.45, 2.75) is 26.4 Å². The topological polar surface area (TPSA) is 30.8 Å². The SMILES string of the molecule is CC[C@H](C)Oc1c(Cl)cc(C=Nc2cccc(F)c2)cc1OC. The van der Waals surface area contributed by atoms with Crippen LogP contribution in [0.25, 0.3) is 0 Å². The average molecular weight is 336 g/mol. The first-order valence-corrected chi connectivity index (χ1v) is 7.75. The van der Waals surface area contributed by atoms with Gasteiger partial charge in [0.1, 0.15) is 5.82 Å². The molecule has 3 nitrogen and oxygen atoms in total. The smallest absolute Gasteiger partial charge is 0.180 e. The summed E-state index contributed by atoms with van der Waals surface area (Å²) in [6, 6.07) is 9.59. The molecule has 0 saturated heterocycles. The van der Waals surface area contributed by atoms with E-state index >= 15 is 0 Å². The molecule has 2 aromatic carbocycles. The largest absolute Gasteiger partial charge is 0.493 e. The number of methoxy groups -OCH3 is 1. The van der Waals surface area contributed by atoms with E-state index in [0.717, 1.165) is 12.0 Å². The van der Waals surface area contributed by atoms with E-state index in [-0.39, 0.29) is 11.9 Å². The summed E-state index contributed by atoms with van der Waals surface area (Å²) >= 11 is 6.29. The molecule has 0 bridgehead atoms. The van der Waals surface area contributed by atoms with Crippen LogP contribution in [-0.2, 0) is 0 Å². The van der Waals surface area contributed by atoms with Crippen LogP contribution in [0.4, 0.5) is 10.1 Å². The van der Waals surface area contributed by atoms with Gasteiger partial charge in [-0.25, -0.2) is 4.39 Å². The van der Waals surface area contributed by atoms with Gasteiger partial charge in [-0.3, -0.25) is 4.99 Å². The Labute approximate surface area is 140 Å². The Balaban J connectivity index is 2.28. The van der Waals surface area contributed by atoms with Crippen molar-refractivity contribution in [1.82, 2.24) is 0 Å². The Bertz CT molecular complexity index is 703. The molecule has 0 amide bonds. The molecule has 5 heteroatoms. The molecular formula is C18H19ClFNO2. The Hall–Kier alpha value is -2.07. The molecule has 122 valence electrons. The Morgan fingerprint density at radius 2 is 2.09 bits per heavy atom. The molecule has 0 aliphatic heterocycles. The zero-order valence-corrected chi connectivity index (χ0v) is 14.1. The van der Waals surface area contributed by atoms with E-state index in [4.69, 9.17) is 21.1 Å². The van der Waals surface area contributed by atoms with Crippen LogP contribution in [0.15, 0.2) is 41.4 Å². The van der Waals surface area contributed by atoms with Gasteiger partial charge in [0.2, 0.25) is 0 Å². The van der Waals surface area contributed by atoms with Crippen LogP contribution >= 0.6 is 11.6 Å². The third-order valence-corrected chi connectivity index (χ3v) is 3.60. The number of hydrogen-bond acceptors (Lipinski definition) is 3. The molecule has 0 aliphatic rings. The number of hydrogen-bond donors (Lipinski definition) is 0. The van der Waals surface area contributed by atoms with Crippen molar-refractivity contribution in [2.75, 3.05) is 7.11 Å². The third kappa shape index (κ3) is 4.70. The van der Waals surface area contributed by atoms with E-state index in [1.165, 1.54) is 12.1 Å². The highest BCUT2D eigenvalue weighted by Gasteiger charge is 2.13. The molecule has 23 heavy (non-hydrogen) atoms. The van der Waals surface area contributed by atoms with Crippen molar-refractivity contribution in [2.24, 2.45) is 4.99 Å². The molecule has 0 N–H and O–H groups in total. The Kier molecular flexibility index (Phi) is 5.99. The minimum absolute atomic E-state index is 0.0354. The van der Waals surface area contributed by atoms with E-state index in [2.05, 4.69) is 4.99 Å². The maximum absolute atomic E-state index is 13.2. The maximum atomic E-state index is 13.2. The van der Waals surface area contributed by atoms with Gasteiger partial charge >= 0.3 is 0 Å². The van der Waals surface area contributed by atoms with Gasteiger partial charge in [0, 0.05) is 6.21 Å². The van der Waals surface area contributed by atoms with Crippen molar-refractivity contribution in [3.63, 3.8) is 0 Å². The number of benzene rings is 2. The summed E-state index contributed by atoms with van der Waals surface area (Å²) in [5, 5.41) is 0.449. The summed E-state index contributed by atoms with van der Waals surface area (Å²) in [6.45, 7) is 4.00. The molecule has 0 spiro atoms. The van der Waals surface area contributed by atoms with E-state index in [0.29, 0.717) is 22.2 Å². The van der Waals surface area contributed by atoms with Gasteiger partial charge in [-0.1, -0.05) is 24.6 Å². The van der Waals surface area contributed by atoms with Crippen molar-refractivity contribution in [3.8, 4) is 11.5 Å². The molecule has 0 saturated carbocycles. The summed E-state index contributed by atoms with van der Waals surface area (Å²) in [5.41, 5.74) is 1.27. The van der Waals surface area contributed by atoms with Gasteiger partial charge in [-0.05, 0) is 49.2 Å². The second-order valence-electron chi connectivity index (χ2n) is 5.11. The number of halogens is 2. The van der Waals surface area contributed by atoms with Crippen molar-refractivity contribution >= 4 is 23.5 Å². The fourth-order valence-corrected chi connectivity index (χ4v) is 2.18. The van der Waals surface area contributed by atoms with Crippen molar-refractivity contribution in [3.05, 3.63) is 52.8 Å². The zero-order valence-electron chi connectivity index (χ0n) is 13.3. The van der Waals surface area contributed by atoms with Crippen LogP contribution in [0.5, 0.6) is 11.5 Å². The first kappa shape index (κ1) is 17.3. The van der Waals surface area contributed by atoms with E-state index < -0.39 is 0 Å². The Morgan fingerprint density at radius 3 is 2.74 bits per heavy atom. The summed E-state index contributed by atoms with van der Waals surface area (Å²) in [7, 11) is 1.56. The van der Waals surface area contributed by atoms with E-state index in [1.807, 2.05) is 13.8 Å². The molecule has 0 heterocycles. The zero-order chi connectivity index (χ0) is 16.8. The average Bonchev–Trinajstić information content (AvgIpc) is 2.54. The molecular weight excluding hydrogens is 317 g/mol. The van der Waals surface area contributed by atoms with Gasteiger partial charge in [-0.2, -0.15) is 0 Å². The lowest BCUT2D eigenvalue weighted by Gasteiger charge is -2.17. The normalized spacial score (nSPS) is 12.4. The van der Waals surface area contributed by atoms with Crippen LogP contribution in [0.1, 0.15) is 25.8 Å². The van der Waals surface area contributed by atoms with Crippen LogP contribution < -0.4 is 9.47 Å². The summed E-state index contributed by atoms with van der Waals surface area (Å²) < 4.78 is 24.3. The van der Waals surface area contributed by atoms with Crippen LogP contribution in [0, 0.1) is 5.82 Å². The lowest BCUT2D eigenvalue weighted by atomic mass is 10.2. The van der Waals surface area contributed by atoms with Gasteiger partial charge in [0.25, 0.3) is 0 Å². The third-order valence-electron chi connectivity index (χ3n) is 3.32. The molecule has 0 unspecified atom stereocenters. The van der Waals surface area contributed by atoms with Crippen molar-refractivity contribution < 1.29 is 13.9 Å². The van der Waals surface area contributed by atoms with Gasteiger partial charge in [-0.15, -0.1) is 0 Å². The quantitative estimate of drug-likeness (QED) is 0.660. The van der Waals surface area contributed by atoms with Crippen molar-refractivity contribution in [1.29, 1.82) is 0 Å². The molecule has 0 aliphatic carbocycles. The molecule has 2 aromatic rings. The summed E-state index contributed by atoms with van der Waals surface area (Å²) in [4.78, 5) is 4.24. The van der Waals surface area contributed by atoms with E-state index in [1.54, 1.807) is 37.6 Å². The highest BCUT2D eigenvalue weighted by molar-refractivity contribution is 6.32. The van der Waals surface area contributed by atoms with Gasteiger partial charge in [0.05, 0.1) is 23.9 Å². The molecule has 1 atom stereocenters.